The van der Waals surface area contributed by atoms with Crippen molar-refractivity contribution in [1.29, 1.82) is 0 Å². The standard InChI is InChI=1S/C43H26N4S/c1-3-13-27(14-4-1)41-44-42(28-15-5-2-6-16-28)46-43(45-41)32-25-26-38-39-31(32)19-11-20-33(39)40-36(23-12-24-37(40)48-38)47-34-21-9-7-17-29(34)30-18-8-10-22-35(30)47/h1-26H. The number of benzene rings is 7. The second-order valence-electron chi connectivity index (χ2n) is 12.0. The van der Waals surface area contributed by atoms with E-state index in [4.69, 9.17) is 15.0 Å². The number of hydrogen-bond donors (Lipinski definition) is 0. The van der Waals surface area contributed by atoms with Crippen LogP contribution in [0.2, 0.25) is 0 Å². The zero-order valence-corrected chi connectivity index (χ0v) is 26.5. The lowest BCUT2D eigenvalue weighted by Gasteiger charge is -2.24. The second-order valence-corrected chi connectivity index (χ2v) is 13.1. The lowest BCUT2D eigenvalue weighted by molar-refractivity contribution is 1.08. The van der Waals surface area contributed by atoms with Gasteiger partial charge in [0.2, 0.25) is 0 Å². The fraction of sp³-hybridized carbons (Fsp3) is 0. The molecule has 0 saturated heterocycles. The molecule has 5 heteroatoms. The van der Waals surface area contributed by atoms with Crippen molar-refractivity contribution in [1.82, 2.24) is 19.5 Å². The van der Waals surface area contributed by atoms with E-state index in [9.17, 15) is 0 Å². The number of rotatable bonds is 4. The van der Waals surface area contributed by atoms with Gasteiger partial charge in [-0.3, -0.25) is 0 Å². The zero-order valence-electron chi connectivity index (χ0n) is 25.7. The quantitative estimate of drug-likeness (QED) is 0.194. The van der Waals surface area contributed by atoms with Crippen LogP contribution < -0.4 is 0 Å². The summed E-state index contributed by atoms with van der Waals surface area (Å²) in [6.07, 6.45) is 0. The largest absolute Gasteiger partial charge is 0.309 e. The summed E-state index contributed by atoms with van der Waals surface area (Å²) in [5.74, 6) is 1.99. The first-order valence-corrected chi connectivity index (χ1v) is 16.9. The summed E-state index contributed by atoms with van der Waals surface area (Å²) < 4.78 is 2.43. The molecule has 4 nitrogen and oxygen atoms in total. The summed E-state index contributed by atoms with van der Waals surface area (Å²) in [5.41, 5.74) is 8.96. The molecule has 2 aromatic heterocycles. The van der Waals surface area contributed by atoms with Crippen LogP contribution in [0.4, 0.5) is 0 Å². The normalized spacial score (nSPS) is 12.1. The van der Waals surface area contributed by atoms with Crippen molar-refractivity contribution in [2.75, 3.05) is 0 Å². The maximum atomic E-state index is 5.09. The van der Waals surface area contributed by atoms with Gasteiger partial charge in [0, 0.05) is 48.2 Å². The molecule has 0 saturated carbocycles. The predicted octanol–water partition coefficient (Wildman–Crippen LogP) is 11.3. The van der Waals surface area contributed by atoms with Gasteiger partial charge in [-0.25, -0.2) is 15.0 Å². The Kier molecular flexibility index (Phi) is 6.08. The van der Waals surface area contributed by atoms with Crippen LogP contribution in [0.1, 0.15) is 0 Å². The van der Waals surface area contributed by atoms with E-state index in [2.05, 4.69) is 126 Å². The summed E-state index contributed by atoms with van der Waals surface area (Å²) >= 11 is 1.83. The van der Waals surface area contributed by atoms with Gasteiger partial charge in [0.1, 0.15) is 0 Å². The Morgan fingerprint density at radius 1 is 0.396 bits per heavy atom. The molecule has 48 heavy (non-hydrogen) atoms. The fourth-order valence-corrected chi connectivity index (χ4v) is 8.31. The highest BCUT2D eigenvalue weighted by Crippen LogP contribution is 2.52. The van der Waals surface area contributed by atoms with E-state index in [0.29, 0.717) is 17.5 Å². The Morgan fingerprint density at radius 2 is 0.958 bits per heavy atom. The van der Waals surface area contributed by atoms with Crippen LogP contribution in [0.3, 0.4) is 0 Å². The van der Waals surface area contributed by atoms with Crippen molar-refractivity contribution in [2.45, 2.75) is 9.79 Å². The molecule has 0 aliphatic carbocycles. The summed E-state index contributed by atoms with van der Waals surface area (Å²) in [7, 11) is 0. The van der Waals surface area contributed by atoms with Crippen molar-refractivity contribution >= 4 is 44.3 Å². The van der Waals surface area contributed by atoms with Gasteiger partial charge >= 0.3 is 0 Å². The average molecular weight is 631 g/mol. The molecule has 0 atom stereocenters. The molecule has 0 fully saturated rings. The molecule has 10 rings (SSSR count). The maximum Gasteiger partial charge on any atom is 0.164 e. The molecule has 9 aromatic rings. The van der Waals surface area contributed by atoms with Crippen LogP contribution >= 0.6 is 11.8 Å². The molecule has 1 aliphatic rings. The van der Waals surface area contributed by atoms with Crippen molar-refractivity contribution in [3.05, 3.63) is 158 Å². The average Bonchev–Trinajstić information content (AvgIpc) is 3.49. The number of nitrogens with zero attached hydrogens (tertiary/aromatic N) is 4. The van der Waals surface area contributed by atoms with Gasteiger partial charge in [-0.2, -0.15) is 0 Å². The lowest BCUT2D eigenvalue weighted by atomic mass is 9.93. The Labute approximate surface area is 281 Å². The number of para-hydroxylation sites is 2. The van der Waals surface area contributed by atoms with E-state index in [0.717, 1.165) is 22.1 Å². The molecule has 0 amide bonds. The van der Waals surface area contributed by atoms with E-state index in [1.54, 1.807) is 0 Å². The van der Waals surface area contributed by atoms with Gasteiger partial charge in [-0.15, -0.1) is 0 Å². The van der Waals surface area contributed by atoms with Crippen LogP contribution in [-0.2, 0) is 0 Å². The Bertz CT molecular complexity index is 2590. The minimum atomic E-state index is 0.660. The SMILES string of the molecule is c1ccc(-c2nc(-c3ccccc3)nc(-c3ccc4c5c(cccc35)-c3c(cccc3-n3c5ccccc5c5ccccc53)S4)n2)cc1. The maximum absolute atomic E-state index is 5.09. The van der Waals surface area contributed by atoms with Crippen molar-refractivity contribution in [3.63, 3.8) is 0 Å². The number of hydrogen-bond acceptors (Lipinski definition) is 4. The topological polar surface area (TPSA) is 43.6 Å². The first-order valence-electron chi connectivity index (χ1n) is 16.0. The molecule has 1 aliphatic heterocycles. The molecule has 0 radical (unpaired) electrons. The molecule has 0 unspecified atom stereocenters. The van der Waals surface area contributed by atoms with E-state index in [-0.39, 0.29) is 0 Å². The minimum absolute atomic E-state index is 0.660. The van der Waals surface area contributed by atoms with Crippen LogP contribution in [0.25, 0.3) is 83.6 Å². The second kappa shape index (κ2) is 10.8. The highest BCUT2D eigenvalue weighted by atomic mass is 32.2. The molecular weight excluding hydrogens is 605 g/mol. The molecular formula is C43H26N4S. The minimum Gasteiger partial charge on any atom is -0.309 e. The van der Waals surface area contributed by atoms with Crippen molar-refractivity contribution < 1.29 is 0 Å². The number of fused-ring (bicyclic) bond motifs is 5. The van der Waals surface area contributed by atoms with Crippen LogP contribution in [-0.4, -0.2) is 19.5 Å². The highest BCUT2D eigenvalue weighted by Gasteiger charge is 2.26. The fourth-order valence-electron chi connectivity index (χ4n) is 7.15. The Balaban J connectivity index is 1.23. The molecule has 3 heterocycles. The first-order chi connectivity index (χ1) is 23.8. The van der Waals surface area contributed by atoms with Gasteiger partial charge in [0.25, 0.3) is 0 Å². The van der Waals surface area contributed by atoms with Crippen molar-refractivity contribution in [2.24, 2.45) is 0 Å². The predicted molar refractivity (Wildman–Crippen MR) is 198 cm³/mol. The van der Waals surface area contributed by atoms with Gasteiger partial charge < -0.3 is 4.57 Å². The summed E-state index contributed by atoms with van der Waals surface area (Å²) in [6, 6.07) is 55.5. The third-order valence-electron chi connectivity index (χ3n) is 9.26. The van der Waals surface area contributed by atoms with Gasteiger partial charge in [0.15, 0.2) is 17.5 Å². The van der Waals surface area contributed by atoms with E-state index in [1.807, 2.05) is 48.2 Å². The molecule has 0 spiro atoms. The van der Waals surface area contributed by atoms with E-state index in [1.165, 1.54) is 53.8 Å². The van der Waals surface area contributed by atoms with Gasteiger partial charge in [-0.05, 0) is 47.3 Å². The zero-order chi connectivity index (χ0) is 31.6. The third kappa shape index (κ3) is 4.15. The molecule has 7 aromatic carbocycles. The van der Waals surface area contributed by atoms with Crippen molar-refractivity contribution in [3.8, 4) is 51.0 Å². The lowest BCUT2D eigenvalue weighted by Crippen LogP contribution is -2.03. The molecule has 0 bridgehead atoms. The molecule has 0 N–H and O–H groups in total. The van der Waals surface area contributed by atoms with E-state index >= 15 is 0 Å². The Hall–Kier alpha value is -6.04. The smallest absolute Gasteiger partial charge is 0.164 e. The summed E-state index contributed by atoms with van der Waals surface area (Å²) in [4.78, 5) is 17.6. The summed E-state index contributed by atoms with van der Waals surface area (Å²) in [6.45, 7) is 0. The van der Waals surface area contributed by atoms with Gasteiger partial charge in [-0.1, -0.05) is 133 Å². The van der Waals surface area contributed by atoms with Crippen LogP contribution in [0.5, 0.6) is 0 Å². The summed E-state index contributed by atoms with van der Waals surface area (Å²) in [5, 5.41) is 4.87. The monoisotopic (exact) mass is 630 g/mol. The third-order valence-corrected chi connectivity index (χ3v) is 10.4. The highest BCUT2D eigenvalue weighted by molar-refractivity contribution is 7.99. The molecule has 224 valence electrons. The van der Waals surface area contributed by atoms with Gasteiger partial charge in [0.05, 0.1) is 16.7 Å². The van der Waals surface area contributed by atoms with E-state index < -0.39 is 0 Å². The van der Waals surface area contributed by atoms with Crippen LogP contribution in [0, 0.1) is 0 Å². The number of aromatic nitrogens is 4. The Morgan fingerprint density at radius 3 is 1.62 bits per heavy atom. The van der Waals surface area contributed by atoms with Crippen LogP contribution in [0.15, 0.2) is 168 Å². The first kappa shape index (κ1) is 27.1.